The highest BCUT2D eigenvalue weighted by atomic mass is 32.2. The molecule has 1 aliphatic heterocycles. The molecule has 4 aromatic carbocycles. The summed E-state index contributed by atoms with van der Waals surface area (Å²) in [4.78, 5) is 28.7. The van der Waals surface area contributed by atoms with Gasteiger partial charge < -0.3 is 25.0 Å². The van der Waals surface area contributed by atoms with Crippen LogP contribution in [0.2, 0.25) is 0 Å². The molecular weight excluding hydrogens is 719 g/mol. The molecule has 2 heterocycles. The normalized spacial score (nSPS) is 18.5. The number of aliphatic hydroxyl groups excluding tert-OH is 1. The number of ether oxygens (including phenoxy) is 2. The van der Waals surface area contributed by atoms with Gasteiger partial charge in [0.15, 0.2) is 29.6 Å². The van der Waals surface area contributed by atoms with Gasteiger partial charge in [0.25, 0.3) is 5.91 Å². The lowest BCUT2D eigenvalue weighted by Gasteiger charge is -2.41. The monoisotopic (exact) mass is 750 g/mol. The third-order valence-corrected chi connectivity index (χ3v) is 9.99. The standard InChI is InChI=1S/C39H31F5N2O6S/c1-20-28(19-53-37-27(38(49)50)7-4-16-45-37)51-39(52-35(20)23-10-8-21(18-47)9-11-23)24-14-12-22(13-15-24)26-6-3-2-5-25(26)17-46-36(48)29-30(40)32(42)34(44)33(43)31(29)41/h2-16,20,28,35,39,47H,17-19H2,1H3,(H,46,48)(H,49,50)/t20-,28+,35+,39+/m0/s1. The van der Waals surface area contributed by atoms with E-state index in [4.69, 9.17) is 9.47 Å². The molecule has 3 N–H and O–H groups in total. The predicted octanol–water partition coefficient (Wildman–Crippen LogP) is 8.15. The van der Waals surface area contributed by atoms with Gasteiger partial charge in [0, 0.05) is 30.0 Å². The third-order valence-electron chi connectivity index (χ3n) is 8.90. The van der Waals surface area contributed by atoms with Crippen LogP contribution in [-0.4, -0.2) is 38.9 Å². The average Bonchev–Trinajstić information content (AvgIpc) is 3.18. The molecular formula is C39H31F5N2O6S. The van der Waals surface area contributed by atoms with Crippen molar-refractivity contribution >= 4 is 23.6 Å². The first-order chi connectivity index (χ1) is 25.5. The minimum absolute atomic E-state index is 0.0814. The van der Waals surface area contributed by atoms with Crippen LogP contribution in [0, 0.1) is 35.0 Å². The summed E-state index contributed by atoms with van der Waals surface area (Å²) < 4.78 is 82.4. The summed E-state index contributed by atoms with van der Waals surface area (Å²) in [5.41, 5.74) is 2.56. The Hall–Kier alpha value is -5.15. The third kappa shape index (κ3) is 7.95. The van der Waals surface area contributed by atoms with Crippen LogP contribution in [0.3, 0.4) is 0 Å². The van der Waals surface area contributed by atoms with Crippen molar-refractivity contribution in [2.75, 3.05) is 5.75 Å². The average molecular weight is 751 g/mol. The number of thioether (sulfide) groups is 1. The highest BCUT2D eigenvalue weighted by Gasteiger charge is 2.39. The summed E-state index contributed by atoms with van der Waals surface area (Å²) in [7, 11) is 0. The van der Waals surface area contributed by atoms with Crippen LogP contribution in [0.15, 0.2) is 96.2 Å². The molecule has 1 aliphatic rings. The van der Waals surface area contributed by atoms with Crippen molar-refractivity contribution in [1.82, 2.24) is 10.3 Å². The molecule has 0 spiro atoms. The minimum Gasteiger partial charge on any atom is -0.478 e. The van der Waals surface area contributed by atoms with Crippen molar-refractivity contribution in [3.8, 4) is 11.1 Å². The van der Waals surface area contributed by atoms with E-state index in [1.807, 2.05) is 31.2 Å². The molecule has 1 amide bonds. The van der Waals surface area contributed by atoms with Crippen LogP contribution < -0.4 is 5.32 Å². The number of aromatic carboxylic acids is 1. The second-order valence-corrected chi connectivity index (χ2v) is 13.2. The van der Waals surface area contributed by atoms with Gasteiger partial charge in [-0.2, -0.15) is 0 Å². The number of aromatic nitrogens is 1. The molecule has 5 aromatic rings. The van der Waals surface area contributed by atoms with E-state index in [0.717, 1.165) is 11.1 Å². The van der Waals surface area contributed by atoms with Crippen molar-refractivity contribution in [3.63, 3.8) is 0 Å². The van der Waals surface area contributed by atoms with E-state index in [0.29, 0.717) is 33.0 Å². The number of carbonyl (C=O) groups excluding carboxylic acids is 1. The largest absolute Gasteiger partial charge is 0.478 e. The van der Waals surface area contributed by atoms with Gasteiger partial charge in [-0.15, -0.1) is 11.8 Å². The molecule has 1 saturated heterocycles. The quantitative estimate of drug-likeness (QED) is 0.0536. The SMILES string of the molecule is C[C@H]1[C@@H](CSc2ncccc2C(=O)O)O[C@@H](c2ccc(-c3ccccc3CNC(=O)c3c(F)c(F)c(F)c(F)c3F)cc2)O[C@H]1c1ccc(CO)cc1. The Kier molecular flexibility index (Phi) is 11.5. The molecule has 0 bridgehead atoms. The number of hydrogen-bond acceptors (Lipinski definition) is 7. The molecule has 53 heavy (non-hydrogen) atoms. The van der Waals surface area contributed by atoms with Crippen LogP contribution in [0.25, 0.3) is 11.1 Å². The number of hydrogen-bond donors (Lipinski definition) is 3. The number of carboxylic acid groups (broad SMARTS) is 1. The Morgan fingerprint density at radius 3 is 2.11 bits per heavy atom. The first-order valence-electron chi connectivity index (χ1n) is 16.3. The summed E-state index contributed by atoms with van der Waals surface area (Å²) in [5, 5.41) is 21.8. The lowest BCUT2D eigenvalue weighted by molar-refractivity contribution is -0.268. The van der Waals surface area contributed by atoms with Crippen molar-refractivity contribution in [2.24, 2.45) is 5.92 Å². The molecule has 4 atom stereocenters. The number of rotatable bonds is 11. The molecule has 0 aliphatic carbocycles. The molecule has 274 valence electrons. The number of amides is 1. The van der Waals surface area contributed by atoms with Crippen LogP contribution >= 0.6 is 11.8 Å². The molecule has 8 nitrogen and oxygen atoms in total. The van der Waals surface area contributed by atoms with Crippen LogP contribution in [0.4, 0.5) is 22.0 Å². The zero-order valence-electron chi connectivity index (χ0n) is 27.9. The highest BCUT2D eigenvalue weighted by molar-refractivity contribution is 7.99. The summed E-state index contributed by atoms with van der Waals surface area (Å²) in [5.74, 6) is -13.6. The smallest absolute Gasteiger partial charge is 0.338 e. The van der Waals surface area contributed by atoms with Gasteiger partial charge in [0.2, 0.25) is 5.82 Å². The first kappa shape index (κ1) is 37.6. The zero-order chi connectivity index (χ0) is 37.8. The van der Waals surface area contributed by atoms with Crippen molar-refractivity contribution < 1.29 is 51.2 Å². The second kappa shape index (κ2) is 16.3. The number of aliphatic hydroxyl groups is 1. The van der Waals surface area contributed by atoms with Crippen molar-refractivity contribution in [2.45, 2.75) is 43.6 Å². The highest BCUT2D eigenvalue weighted by Crippen LogP contribution is 2.43. The Labute approximate surface area is 304 Å². The fourth-order valence-corrected chi connectivity index (χ4v) is 7.13. The molecule has 0 saturated carbocycles. The van der Waals surface area contributed by atoms with Gasteiger partial charge in [0.1, 0.15) is 10.6 Å². The minimum atomic E-state index is -2.36. The summed E-state index contributed by atoms with van der Waals surface area (Å²) in [6, 6.07) is 24.4. The van der Waals surface area contributed by atoms with Crippen molar-refractivity contribution in [3.05, 3.63) is 154 Å². The van der Waals surface area contributed by atoms with E-state index in [2.05, 4.69) is 10.3 Å². The van der Waals surface area contributed by atoms with Gasteiger partial charge >= 0.3 is 5.97 Å². The summed E-state index contributed by atoms with van der Waals surface area (Å²) >= 11 is 1.27. The maximum absolute atomic E-state index is 14.2. The number of pyridine rings is 1. The fraction of sp³-hybridized carbons (Fsp3) is 0.205. The van der Waals surface area contributed by atoms with E-state index in [1.54, 1.807) is 54.6 Å². The number of carboxylic acids is 1. The Bertz CT molecular complexity index is 2110. The van der Waals surface area contributed by atoms with E-state index in [-0.39, 0.29) is 24.6 Å². The number of nitrogens with zero attached hydrogens (tertiary/aromatic N) is 1. The predicted molar refractivity (Wildman–Crippen MR) is 184 cm³/mol. The lowest BCUT2D eigenvalue weighted by atomic mass is 9.91. The molecule has 0 radical (unpaired) electrons. The maximum atomic E-state index is 14.2. The number of halogens is 5. The van der Waals surface area contributed by atoms with Gasteiger partial charge in [-0.3, -0.25) is 4.79 Å². The van der Waals surface area contributed by atoms with Crippen LogP contribution in [-0.2, 0) is 22.6 Å². The van der Waals surface area contributed by atoms with E-state index in [9.17, 15) is 41.8 Å². The fourth-order valence-electron chi connectivity index (χ4n) is 5.98. The topological polar surface area (TPSA) is 118 Å². The molecule has 14 heteroatoms. The summed E-state index contributed by atoms with van der Waals surface area (Å²) in [6.45, 7) is 1.57. The van der Waals surface area contributed by atoms with E-state index >= 15 is 0 Å². The molecule has 1 fully saturated rings. The van der Waals surface area contributed by atoms with Crippen molar-refractivity contribution in [1.29, 1.82) is 0 Å². The van der Waals surface area contributed by atoms with E-state index in [1.165, 1.54) is 24.0 Å². The molecule has 0 unspecified atom stereocenters. The molecule has 6 rings (SSSR count). The van der Waals surface area contributed by atoms with E-state index < -0.39 is 65.0 Å². The first-order valence-corrected chi connectivity index (χ1v) is 17.3. The number of nitrogens with one attached hydrogen (secondary N) is 1. The van der Waals surface area contributed by atoms with Gasteiger partial charge in [0.05, 0.1) is 24.4 Å². The van der Waals surface area contributed by atoms with Crippen LogP contribution in [0.1, 0.15) is 62.3 Å². The van der Waals surface area contributed by atoms with Gasteiger partial charge in [-0.25, -0.2) is 31.7 Å². The maximum Gasteiger partial charge on any atom is 0.338 e. The van der Waals surface area contributed by atoms with Gasteiger partial charge in [-0.05, 0) is 39.9 Å². The van der Waals surface area contributed by atoms with Gasteiger partial charge in [-0.1, -0.05) is 79.7 Å². The lowest BCUT2D eigenvalue weighted by Crippen LogP contribution is -2.38. The Morgan fingerprint density at radius 2 is 1.45 bits per heavy atom. The zero-order valence-corrected chi connectivity index (χ0v) is 28.7. The van der Waals surface area contributed by atoms with Crippen LogP contribution in [0.5, 0.6) is 0 Å². The molecule has 1 aromatic heterocycles. The number of benzene rings is 4. The Morgan fingerprint density at radius 1 is 0.811 bits per heavy atom. The number of carbonyl (C=O) groups is 2. The summed E-state index contributed by atoms with van der Waals surface area (Å²) in [6.07, 6.45) is -0.159. The second-order valence-electron chi connectivity index (χ2n) is 12.2. The Balaban J connectivity index is 1.23.